The van der Waals surface area contributed by atoms with Crippen LogP contribution in [-0.4, -0.2) is 20.9 Å². The number of amides is 1. The van der Waals surface area contributed by atoms with Crippen LogP contribution in [0, 0.1) is 5.82 Å². The van der Waals surface area contributed by atoms with E-state index >= 15 is 0 Å². The Labute approximate surface area is 138 Å². The lowest BCUT2D eigenvalue weighted by Crippen LogP contribution is -2.23. The Hall–Kier alpha value is -1.96. The molecule has 0 saturated heterocycles. The van der Waals surface area contributed by atoms with E-state index in [1.165, 1.54) is 24.3 Å². The van der Waals surface area contributed by atoms with Crippen LogP contribution in [0.3, 0.4) is 0 Å². The summed E-state index contributed by atoms with van der Waals surface area (Å²) in [6, 6.07) is 9.45. The van der Waals surface area contributed by atoms with Crippen LogP contribution < -0.4 is 10.0 Å². The smallest absolute Gasteiger partial charge is 0.255 e. The number of anilines is 1. The molecule has 0 fully saturated rings. The van der Waals surface area contributed by atoms with E-state index < -0.39 is 21.7 Å². The first-order valence-corrected chi connectivity index (χ1v) is 8.55. The Bertz CT molecular complexity index is 840. The van der Waals surface area contributed by atoms with Gasteiger partial charge >= 0.3 is 0 Å². The maximum atomic E-state index is 14.0. The molecule has 2 rings (SSSR count). The van der Waals surface area contributed by atoms with E-state index in [2.05, 4.69) is 10.0 Å². The van der Waals surface area contributed by atoms with Gasteiger partial charge in [-0.1, -0.05) is 24.6 Å². The predicted octanol–water partition coefficient (Wildman–Crippen LogP) is 3.03. The molecule has 0 heterocycles. The highest BCUT2D eigenvalue weighted by atomic mass is 35.5. The first-order valence-electron chi connectivity index (χ1n) is 6.69. The fraction of sp³-hybridized carbons (Fsp3) is 0.133. The van der Waals surface area contributed by atoms with Gasteiger partial charge in [0.2, 0.25) is 10.0 Å². The molecule has 2 N–H and O–H groups in total. The van der Waals surface area contributed by atoms with Crippen molar-refractivity contribution in [2.24, 2.45) is 0 Å². The monoisotopic (exact) mass is 356 g/mol. The lowest BCUT2D eigenvalue weighted by molar-refractivity contribution is 0.102. The molecule has 5 nitrogen and oxygen atoms in total. The van der Waals surface area contributed by atoms with E-state index in [1.54, 1.807) is 19.1 Å². The number of nitrogens with one attached hydrogen (secondary N) is 2. The number of halogens is 2. The van der Waals surface area contributed by atoms with Crippen molar-refractivity contribution in [1.82, 2.24) is 4.72 Å². The third-order valence-electron chi connectivity index (χ3n) is 2.92. The van der Waals surface area contributed by atoms with Gasteiger partial charge in [-0.15, -0.1) is 0 Å². The minimum Gasteiger partial charge on any atom is -0.319 e. The highest BCUT2D eigenvalue weighted by Gasteiger charge is 2.16. The lowest BCUT2D eigenvalue weighted by Gasteiger charge is -2.09. The van der Waals surface area contributed by atoms with Crippen molar-refractivity contribution in [3.05, 3.63) is 58.9 Å². The quantitative estimate of drug-likeness (QED) is 0.864. The third-order valence-corrected chi connectivity index (χ3v) is 4.70. The lowest BCUT2D eigenvalue weighted by atomic mass is 10.2. The second-order valence-corrected chi connectivity index (χ2v) is 6.81. The Morgan fingerprint density at radius 3 is 2.57 bits per heavy atom. The Morgan fingerprint density at radius 2 is 1.96 bits per heavy atom. The van der Waals surface area contributed by atoms with Crippen LogP contribution in [0.5, 0.6) is 0 Å². The molecule has 0 aliphatic heterocycles. The number of benzene rings is 2. The number of sulfonamides is 1. The average molecular weight is 357 g/mol. The van der Waals surface area contributed by atoms with E-state index in [4.69, 9.17) is 11.6 Å². The molecule has 23 heavy (non-hydrogen) atoms. The number of hydrogen-bond donors (Lipinski definition) is 2. The molecule has 122 valence electrons. The fourth-order valence-corrected chi connectivity index (χ4v) is 3.10. The van der Waals surface area contributed by atoms with Gasteiger partial charge in [-0.05, 0) is 36.4 Å². The minimum absolute atomic E-state index is 0.120. The van der Waals surface area contributed by atoms with Crippen molar-refractivity contribution < 1.29 is 17.6 Å². The van der Waals surface area contributed by atoms with Crippen LogP contribution in [0.1, 0.15) is 17.3 Å². The predicted molar refractivity (Wildman–Crippen MR) is 86.7 cm³/mol. The highest BCUT2D eigenvalue weighted by molar-refractivity contribution is 7.89. The molecule has 0 bridgehead atoms. The zero-order valence-electron chi connectivity index (χ0n) is 12.1. The van der Waals surface area contributed by atoms with Crippen LogP contribution >= 0.6 is 11.6 Å². The van der Waals surface area contributed by atoms with Gasteiger partial charge in [0.1, 0.15) is 5.82 Å². The first kappa shape index (κ1) is 17.4. The topological polar surface area (TPSA) is 75.3 Å². The molecule has 2 aromatic carbocycles. The molecule has 0 unspecified atom stereocenters. The van der Waals surface area contributed by atoms with Crippen LogP contribution in [0.4, 0.5) is 10.1 Å². The van der Waals surface area contributed by atoms with Gasteiger partial charge in [-0.2, -0.15) is 0 Å². The molecule has 0 aromatic heterocycles. The first-order chi connectivity index (χ1) is 10.8. The van der Waals surface area contributed by atoms with Crippen molar-refractivity contribution in [1.29, 1.82) is 0 Å². The largest absolute Gasteiger partial charge is 0.319 e. The van der Waals surface area contributed by atoms with Crippen molar-refractivity contribution in [3.8, 4) is 0 Å². The van der Waals surface area contributed by atoms with E-state index in [1.807, 2.05) is 0 Å². The van der Waals surface area contributed by atoms with Crippen LogP contribution in [-0.2, 0) is 10.0 Å². The summed E-state index contributed by atoms with van der Waals surface area (Å²) in [5.74, 6) is -1.40. The van der Waals surface area contributed by atoms with E-state index in [9.17, 15) is 17.6 Å². The second-order valence-electron chi connectivity index (χ2n) is 4.61. The normalized spacial score (nSPS) is 11.3. The molecule has 0 saturated carbocycles. The van der Waals surface area contributed by atoms with Gasteiger partial charge in [0.15, 0.2) is 0 Å². The summed E-state index contributed by atoms with van der Waals surface area (Å²) in [5.41, 5.74) is 0.145. The van der Waals surface area contributed by atoms with Crippen LogP contribution in [0.15, 0.2) is 47.4 Å². The van der Waals surface area contributed by atoms with Gasteiger partial charge in [0.05, 0.1) is 10.6 Å². The maximum absolute atomic E-state index is 14.0. The zero-order chi connectivity index (χ0) is 17.0. The molecule has 2 aromatic rings. The molecule has 0 radical (unpaired) electrons. The zero-order valence-corrected chi connectivity index (χ0v) is 13.7. The average Bonchev–Trinajstić information content (AvgIpc) is 2.49. The highest BCUT2D eigenvalue weighted by Crippen LogP contribution is 2.20. The van der Waals surface area contributed by atoms with E-state index in [-0.39, 0.29) is 22.7 Å². The summed E-state index contributed by atoms with van der Waals surface area (Å²) >= 11 is 5.80. The van der Waals surface area contributed by atoms with Gasteiger partial charge in [0, 0.05) is 17.1 Å². The standard InChI is InChI=1S/C15H14ClFN2O3S/c1-2-18-23(21,22)12-6-7-14(13(17)9-12)19-15(20)10-4-3-5-11(16)8-10/h3-9,18H,2H2,1H3,(H,19,20). The Balaban J connectivity index is 2.23. The molecule has 0 aliphatic rings. The molecule has 0 atom stereocenters. The van der Waals surface area contributed by atoms with Gasteiger partial charge in [0.25, 0.3) is 5.91 Å². The summed E-state index contributed by atoms with van der Waals surface area (Å²) < 4.78 is 39.9. The molecule has 0 spiro atoms. The number of rotatable bonds is 5. The summed E-state index contributed by atoms with van der Waals surface area (Å²) in [5, 5.41) is 2.76. The number of carbonyl (C=O) groups excluding carboxylic acids is 1. The third kappa shape index (κ3) is 4.28. The molecular weight excluding hydrogens is 343 g/mol. The molecule has 0 aliphatic carbocycles. The van der Waals surface area contributed by atoms with Gasteiger partial charge in [-0.25, -0.2) is 17.5 Å². The molecule has 1 amide bonds. The minimum atomic E-state index is -3.76. The van der Waals surface area contributed by atoms with Gasteiger partial charge < -0.3 is 5.32 Å². The molecular formula is C15H14ClFN2O3S. The Kier molecular flexibility index (Phi) is 5.35. The van der Waals surface area contributed by atoms with Crippen LogP contribution in [0.25, 0.3) is 0 Å². The maximum Gasteiger partial charge on any atom is 0.255 e. The van der Waals surface area contributed by atoms with Crippen molar-refractivity contribution >= 4 is 33.2 Å². The van der Waals surface area contributed by atoms with Crippen molar-refractivity contribution in [2.75, 3.05) is 11.9 Å². The van der Waals surface area contributed by atoms with Crippen molar-refractivity contribution in [3.63, 3.8) is 0 Å². The summed E-state index contributed by atoms with van der Waals surface area (Å²) in [4.78, 5) is 11.8. The van der Waals surface area contributed by atoms with E-state index in [0.29, 0.717) is 5.02 Å². The molecule has 8 heteroatoms. The van der Waals surface area contributed by atoms with E-state index in [0.717, 1.165) is 6.07 Å². The fourth-order valence-electron chi connectivity index (χ4n) is 1.86. The SMILES string of the molecule is CCNS(=O)(=O)c1ccc(NC(=O)c2cccc(Cl)c2)c(F)c1. The Morgan fingerprint density at radius 1 is 1.22 bits per heavy atom. The van der Waals surface area contributed by atoms with Gasteiger partial charge in [-0.3, -0.25) is 4.79 Å². The van der Waals surface area contributed by atoms with Crippen molar-refractivity contribution in [2.45, 2.75) is 11.8 Å². The number of hydrogen-bond acceptors (Lipinski definition) is 3. The van der Waals surface area contributed by atoms with Crippen LogP contribution in [0.2, 0.25) is 5.02 Å². The summed E-state index contributed by atoms with van der Waals surface area (Å²) in [7, 11) is -3.76. The number of carbonyl (C=O) groups is 1. The summed E-state index contributed by atoms with van der Waals surface area (Å²) in [6.45, 7) is 1.81. The second kappa shape index (κ2) is 7.08. The summed E-state index contributed by atoms with van der Waals surface area (Å²) in [6.07, 6.45) is 0.